The highest BCUT2D eigenvalue weighted by molar-refractivity contribution is 7.15. The fourth-order valence-corrected chi connectivity index (χ4v) is 3.18. The molecule has 1 N–H and O–H groups in total. The number of thiazole rings is 1. The minimum absolute atomic E-state index is 0.0453. The van der Waals surface area contributed by atoms with Crippen molar-refractivity contribution < 1.29 is 9.18 Å². The number of carbonyl (C=O) groups is 1. The molecule has 7 heteroatoms. The second-order valence-corrected chi connectivity index (χ2v) is 6.44. The maximum Gasteiger partial charge on any atom is 0.262 e. The molecule has 0 unspecified atom stereocenters. The van der Waals surface area contributed by atoms with Crippen LogP contribution in [0.1, 0.15) is 20.9 Å². The lowest BCUT2D eigenvalue weighted by Crippen LogP contribution is -2.23. The zero-order chi connectivity index (χ0) is 16.7. The Morgan fingerprint density at radius 3 is 2.74 bits per heavy atom. The molecule has 0 aliphatic rings. The van der Waals surface area contributed by atoms with Crippen molar-refractivity contribution in [3.05, 3.63) is 56.6 Å². The fraction of sp³-hybridized carbons (Fsp3) is 0.188. The number of para-hydroxylation sites is 1. The number of rotatable bonds is 2. The second-order valence-electron chi connectivity index (χ2n) is 5.23. The Morgan fingerprint density at radius 2 is 2.09 bits per heavy atom. The van der Waals surface area contributed by atoms with Crippen molar-refractivity contribution in [3.63, 3.8) is 0 Å². The van der Waals surface area contributed by atoms with Gasteiger partial charge in [-0.2, -0.15) is 0 Å². The van der Waals surface area contributed by atoms with Crippen molar-refractivity contribution in [3.8, 4) is 0 Å². The number of fused-ring (bicyclic) bond motifs is 1. The summed E-state index contributed by atoms with van der Waals surface area (Å²) in [6.07, 6.45) is 1.34. The summed E-state index contributed by atoms with van der Waals surface area (Å²) in [5.74, 6) is -1.05. The predicted molar refractivity (Wildman–Crippen MR) is 88.7 cm³/mol. The van der Waals surface area contributed by atoms with Crippen LogP contribution in [0.5, 0.6) is 0 Å². The van der Waals surface area contributed by atoms with Gasteiger partial charge in [0.05, 0.1) is 11.2 Å². The third kappa shape index (κ3) is 2.63. The zero-order valence-corrected chi connectivity index (χ0v) is 13.6. The molecule has 1 amide bonds. The predicted octanol–water partition coefficient (Wildman–Crippen LogP) is 3.00. The first kappa shape index (κ1) is 15.4. The number of amides is 1. The molecule has 0 atom stereocenters. The molecule has 23 heavy (non-hydrogen) atoms. The van der Waals surface area contributed by atoms with Crippen molar-refractivity contribution in [2.24, 2.45) is 7.05 Å². The van der Waals surface area contributed by atoms with Gasteiger partial charge in [-0.15, -0.1) is 11.3 Å². The van der Waals surface area contributed by atoms with E-state index in [0.29, 0.717) is 5.13 Å². The van der Waals surface area contributed by atoms with Gasteiger partial charge in [0, 0.05) is 23.5 Å². The van der Waals surface area contributed by atoms with Crippen LogP contribution in [0, 0.1) is 19.7 Å². The summed E-state index contributed by atoms with van der Waals surface area (Å²) in [6.45, 7) is 3.75. The molecule has 0 fully saturated rings. The minimum atomic E-state index is -0.550. The molecule has 0 saturated heterocycles. The molecular weight excluding hydrogens is 317 g/mol. The lowest BCUT2D eigenvalue weighted by molar-refractivity contribution is 0.102. The monoisotopic (exact) mass is 331 g/mol. The highest BCUT2D eigenvalue weighted by Gasteiger charge is 2.17. The molecule has 0 radical (unpaired) electrons. The van der Waals surface area contributed by atoms with Crippen LogP contribution < -0.4 is 10.7 Å². The normalized spacial score (nSPS) is 11.0. The van der Waals surface area contributed by atoms with Crippen LogP contribution in [0.25, 0.3) is 10.9 Å². The van der Waals surface area contributed by atoms with Gasteiger partial charge < -0.3 is 4.57 Å². The third-order valence-corrected chi connectivity index (χ3v) is 4.63. The Morgan fingerprint density at radius 1 is 1.35 bits per heavy atom. The van der Waals surface area contributed by atoms with Crippen LogP contribution in [0.2, 0.25) is 0 Å². The first-order chi connectivity index (χ1) is 10.9. The number of halogens is 1. The minimum Gasteiger partial charge on any atom is -0.347 e. The van der Waals surface area contributed by atoms with E-state index in [-0.39, 0.29) is 16.5 Å². The summed E-state index contributed by atoms with van der Waals surface area (Å²) in [5, 5.41) is 3.24. The van der Waals surface area contributed by atoms with E-state index in [4.69, 9.17) is 0 Å². The van der Waals surface area contributed by atoms with E-state index >= 15 is 0 Å². The van der Waals surface area contributed by atoms with Crippen LogP contribution in [0.15, 0.2) is 29.2 Å². The third-order valence-electron chi connectivity index (χ3n) is 3.65. The van der Waals surface area contributed by atoms with Crippen molar-refractivity contribution in [1.29, 1.82) is 0 Å². The van der Waals surface area contributed by atoms with Gasteiger partial charge in [0.15, 0.2) is 5.13 Å². The van der Waals surface area contributed by atoms with Gasteiger partial charge in [-0.05, 0) is 26.0 Å². The molecule has 3 aromatic rings. The average molecular weight is 331 g/mol. The Hall–Kier alpha value is -2.54. The Labute approximate surface area is 135 Å². The van der Waals surface area contributed by atoms with Crippen molar-refractivity contribution in [1.82, 2.24) is 9.55 Å². The number of nitrogens with one attached hydrogen (secondary N) is 1. The SMILES string of the molecule is Cc1nc(NC(=O)c2cn(C)c3c(F)cccc3c2=O)sc1C. The fourth-order valence-electron chi connectivity index (χ4n) is 2.37. The summed E-state index contributed by atoms with van der Waals surface area (Å²) in [5.41, 5.74) is 0.463. The highest BCUT2D eigenvalue weighted by atomic mass is 32.1. The molecule has 0 bridgehead atoms. The van der Waals surface area contributed by atoms with Gasteiger partial charge in [-0.1, -0.05) is 6.07 Å². The zero-order valence-electron chi connectivity index (χ0n) is 12.8. The molecular formula is C16H14FN3O2S. The average Bonchev–Trinajstić information content (AvgIpc) is 2.80. The number of pyridine rings is 1. The summed E-state index contributed by atoms with van der Waals surface area (Å²) in [6, 6.07) is 4.24. The molecule has 3 rings (SSSR count). The number of aromatic nitrogens is 2. The van der Waals surface area contributed by atoms with E-state index in [0.717, 1.165) is 10.6 Å². The summed E-state index contributed by atoms with van der Waals surface area (Å²) < 4.78 is 15.3. The molecule has 0 aliphatic heterocycles. The van der Waals surface area contributed by atoms with Crippen molar-refractivity contribution in [2.45, 2.75) is 13.8 Å². The van der Waals surface area contributed by atoms with E-state index < -0.39 is 17.2 Å². The van der Waals surface area contributed by atoms with E-state index in [1.807, 2.05) is 13.8 Å². The molecule has 1 aromatic carbocycles. The number of benzene rings is 1. The lowest BCUT2D eigenvalue weighted by atomic mass is 10.1. The Bertz CT molecular complexity index is 971. The van der Waals surface area contributed by atoms with Gasteiger partial charge in [0.25, 0.3) is 5.91 Å². The standard InChI is InChI=1S/C16H14FN3O2S/c1-8-9(2)23-16(18-8)19-15(22)11-7-20(3)13-10(14(11)21)5-4-6-12(13)17/h4-7H,1-3H3,(H,18,19,22). The van der Waals surface area contributed by atoms with Crippen LogP contribution >= 0.6 is 11.3 Å². The summed E-state index contributed by atoms with van der Waals surface area (Å²) >= 11 is 1.34. The van der Waals surface area contributed by atoms with Crippen LogP contribution in [-0.4, -0.2) is 15.5 Å². The van der Waals surface area contributed by atoms with Crippen molar-refractivity contribution >= 4 is 33.3 Å². The Kier molecular flexibility index (Phi) is 3.73. The number of anilines is 1. The number of carbonyl (C=O) groups excluding carboxylic acids is 1. The van der Waals surface area contributed by atoms with E-state index in [9.17, 15) is 14.0 Å². The molecule has 2 aromatic heterocycles. The Balaban J connectivity index is 2.08. The van der Waals surface area contributed by atoms with Crippen LogP contribution in [0.3, 0.4) is 0 Å². The molecule has 118 valence electrons. The summed E-state index contributed by atoms with van der Waals surface area (Å²) in [7, 11) is 1.60. The molecule has 2 heterocycles. The van der Waals surface area contributed by atoms with E-state index in [2.05, 4.69) is 10.3 Å². The topological polar surface area (TPSA) is 64.0 Å². The molecule has 5 nitrogen and oxygen atoms in total. The first-order valence-corrected chi connectivity index (χ1v) is 7.73. The van der Waals surface area contributed by atoms with E-state index in [1.165, 1.54) is 40.3 Å². The lowest BCUT2D eigenvalue weighted by Gasteiger charge is -2.09. The number of hydrogen-bond acceptors (Lipinski definition) is 4. The molecule has 0 saturated carbocycles. The van der Waals surface area contributed by atoms with Crippen LogP contribution in [0.4, 0.5) is 9.52 Å². The van der Waals surface area contributed by atoms with Gasteiger partial charge >= 0.3 is 0 Å². The first-order valence-electron chi connectivity index (χ1n) is 6.91. The number of nitrogens with zero attached hydrogens (tertiary/aromatic N) is 2. The van der Waals surface area contributed by atoms with Gasteiger partial charge in [-0.25, -0.2) is 9.37 Å². The van der Waals surface area contributed by atoms with Crippen LogP contribution in [-0.2, 0) is 7.05 Å². The largest absolute Gasteiger partial charge is 0.347 e. The summed E-state index contributed by atoms with van der Waals surface area (Å²) in [4.78, 5) is 30.1. The van der Waals surface area contributed by atoms with Gasteiger partial charge in [0.1, 0.15) is 11.4 Å². The maximum atomic E-state index is 13.9. The number of aryl methyl sites for hydroxylation is 3. The second kappa shape index (κ2) is 5.58. The van der Waals surface area contributed by atoms with Gasteiger partial charge in [-0.3, -0.25) is 14.9 Å². The van der Waals surface area contributed by atoms with Gasteiger partial charge in [0.2, 0.25) is 5.43 Å². The maximum absolute atomic E-state index is 13.9. The quantitative estimate of drug-likeness (QED) is 0.785. The van der Waals surface area contributed by atoms with E-state index in [1.54, 1.807) is 7.05 Å². The van der Waals surface area contributed by atoms with Crippen molar-refractivity contribution in [2.75, 3.05) is 5.32 Å². The molecule has 0 spiro atoms. The smallest absolute Gasteiger partial charge is 0.262 e. The number of hydrogen-bond donors (Lipinski definition) is 1. The molecule has 0 aliphatic carbocycles. The highest BCUT2D eigenvalue weighted by Crippen LogP contribution is 2.22.